The number of hydrogen-bond acceptors (Lipinski definition) is 4. The summed E-state index contributed by atoms with van der Waals surface area (Å²) in [7, 11) is 0. The monoisotopic (exact) mass is 276 g/mol. The van der Waals surface area contributed by atoms with Crippen molar-refractivity contribution in [2.75, 3.05) is 6.54 Å². The average molecular weight is 276 g/mol. The molecule has 4 nitrogen and oxygen atoms in total. The SMILES string of the molecule is Cc1ccc(-c2nnc3n2CCNC3C(C)(C)C)s1. The summed E-state index contributed by atoms with van der Waals surface area (Å²) in [5.41, 5.74) is 0.147. The van der Waals surface area contributed by atoms with Gasteiger partial charge in [0.25, 0.3) is 0 Å². The number of aryl methyl sites for hydroxylation is 1. The molecule has 0 fully saturated rings. The second kappa shape index (κ2) is 4.42. The molecule has 0 spiro atoms. The summed E-state index contributed by atoms with van der Waals surface area (Å²) in [6.45, 7) is 10.8. The van der Waals surface area contributed by atoms with Crippen molar-refractivity contribution in [1.82, 2.24) is 20.1 Å². The molecule has 0 aromatic carbocycles. The normalized spacial score (nSPS) is 19.5. The van der Waals surface area contributed by atoms with Crippen molar-refractivity contribution in [1.29, 1.82) is 0 Å². The van der Waals surface area contributed by atoms with Crippen molar-refractivity contribution < 1.29 is 0 Å². The molecule has 1 N–H and O–H groups in total. The minimum atomic E-state index is 0.147. The zero-order chi connectivity index (χ0) is 13.6. The van der Waals surface area contributed by atoms with Crippen LogP contribution in [-0.2, 0) is 6.54 Å². The highest BCUT2D eigenvalue weighted by Crippen LogP contribution is 2.36. The van der Waals surface area contributed by atoms with Gasteiger partial charge in [0.05, 0.1) is 10.9 Å². The molecule has 1 aliphatic rings. The Morgan fingerprint density at radius 3 is 2.74 bits per heavy atom. The van der Waals surface area contributed by atoms with E-state index in [9.17, 15) is 0 Å². The Balaban J connectivity index is 2.05. The van der Waals surface area contributed by atoms with Crippen LogP contribution < -0.4 is 5.32 Å². The molecule has 5 heteroatoms. The van der Waals surface area contributed by atoms with Gasteiger partial charge in [-0.1, -0.05) is 20.8 Å². The first kappa shape index (κ1) is 12.8. The van der Waals surface area contributed by atoms with E-state index in [2.05, 4.69) is 59.9 Å². The van der Waals surface area contributed by atoms with Gasteiger partial charge in [-0.15, -0.1) is 21.5 Å². The number of nitrogens with one attached hydrogen (secondary N) is 1. The first-order valence-electron chi connectivity index (χ1n) is 6.70. The molecule has 1 unspecified atom stereocenters. The number of hydrogen-bond donors (Lipinski definition) is 1. The highest BCUT2D eigenvalue weighted by Gasteiger charge is 2.34. The molecule has 0 saturated heterocycles. The van der Waals surface area contributed by atoms with Crippen LogP contribution in [0.2, 0.25) is 0 Å². The number of aromatic nitrogens is 3. The van der Waals surface area contributed by atoms with E-state index < -0.39 is 0 Å². The fourth-order valence-electron chi connectivity index (χ4n) is 2.59. The lowest BCUT2D eigenvalue weighted by Crippen LogP contribution is -2.40. The fraction of sp³-hybridized carbons (Fsp3) is 0.571. The Hall–Kier alpha value is -1.20. The van der Waals surface area contributed by atoms with Crippen molar-refractivity contribution >= 4 is 11.3 Å². The standard InChI is InChI=1S/C14H20N4S/c1-9-5-6-10(19-9)12-16-17-13-11(14(2,3)4)15-7-8-18(12)13/h5-6,11,15H,7-8H2,1-4H3. The van der Waals surface area contributed by atoms with Crippen molar-refractivity contribution in [2.45, 2.75) is 40.3 Å². The van der Waals surface area contributed by atoms with Crippen molar-refractivity contribution in [3.05, 3.63) is 22.8 Å². The minimum Gasteiger partial charge on any atom is -0.308 e. The van der Waals surface area contributed by atoms with Crippen LogP contribution in [0.25, 0.3) is 10.7 Å². The summed E-state index contributed by atoms with van der Waals surface area (Å²) in [5, 5.41) is 12.4. The third kappa shape index (κ3) is 2.21. The van der Waals surface area contributed by atoms with Gasteiger partial charge in [-0.05, 0) is 24.5 Å². The number of thiophene rings is 1. The maximum atomic E-state index is 4.45. The molecule has 1 atom stereocenters. The van der Waals surface area contributed by atoms with Crippen LogP contribution in [0.3, 0.4) is 0 Å². The third-order valence-corrected chi connectivity index (χ3v) is 4.54. The van der Waals surface area contributed by atoms with Crippen LogP contribution in [-0.4, -0.2) is 21.3 Å². The van der Waals surface area contributed by atoms with Crippen LogP contribution in [0.15, 0.2) is 12.1 Å². The van der Waals surface area contributed by atoms with Crippen molar-refractivity contribution in [2.24, 2.45) is 5.41 Å². The van der Waals surface area contributed by atoms with E-state index in [1.807, 2.05) is 0 Å². The molecule has 0 bridgehead atoms. The molecule has 19 heavy (non-hydrogen) atoms. The lowest BCUT2D eigenvalue weighted by Gasteiger charge is -2.34. The highest BCUT2D eigenvalue weighted by atomic mass is 32.1. The minimum absolute atomic E-state index is 0.147. The van der Waals surface area contributed by atoms with Crippen LogP contribution in [0.5, 0.6) is 0 Å². The van der Waals surface area contributed by atoms with E-state index in [4.69, 9.17) is 0 Å². The summed E-state index contributed by atoms with van der Waals surface area (Å²) in [6, 6.07) is 4.55. The molecule has 0 aliphatic carbocycles. The molecule has 2 aromatic heterocycles. The maximum absolute atomic E-state index is 4.45. The number of fused-ring (bicyclic) bond motifs is 1. The lowest BCUT2D eigenvalue weighted by molar-refractivity contribution is 0.234. The van der Waals surface area contributed by atoms with E-state index >= 15 is 0 Å². The van der Waals surface area contributed by atoms with Gasteiger partial charge in [0.15, 0.2) is 11.6 Å². The Kier molecular flexibility index (Phi) is 2.98. The topological polar surface area (TPSA) is 42.7 Å². The van der Waals surface area contributed by atoms with E-state index in [1.165, 1.54) is 9.75 Å². The fourth-order valence-corrected chi connectivity index (χ4v) is 3.45. The van der Waals surface area contributed by atoms with Gasteiger partial charge in [-0.3, -0.25) is 0 Å². The summed E-state index contributed by atoms with van der Waals surface area (Å²) in [4.78, 5) is 2.53. The van der Waals surface area contributed by atoms with Crippen LogP contribution in [0.1, 0.15) is 37.5 Å². The molecular formula is C14H20N4S. The zero-order valence-electron chi connectivity index (χ0n) is 11.9. The van der Waals surface area contributed by atoms with Crippen molar-refractivity contribution in [3.63, 3.8) is 0 Å². The van der Waals surface area contributed by atoms with Gasteiger partial charge in [-0.25, -0.2) is 0 Å². The summed E-state index contributed by atoms with van der Waals surface area (Å²) < 4.78 is 2.28. The van der Waals surface area contributed by atoms with Gasteiger partial charge >= 0.3 is 0 Å². The Bertz CT molecular complexity index is 591. The highest BCUT2D eigenvalue weighted by molar-refractivity contribution is 7.15. The lowest BCUT2D eigenvalue weighted by atomic mass is 9.85. The molecule has 0 saturated carbocycles. The van der Waals surface area contributed by atoms with Crippen LogP contribution >= 0.6 is 11.3 Å². The maximum Gasteiger partial charge on any atom is 0.174 e. The molecule has 3 heterocycles. The Labute approximate surface area is 117 Å². The van der Waals surface area contributed by atoms with E-state index in [0.29, 0.717) is 0 Å². The quantitative estimate of drug-likeness (QED) is 0.870. The number of rotatable bonds is 1. The predicted molar refractivity (Wildman–Crippen MR) is 78.3 cm³/mol. The molecule has 1 aliphatic heterocycles. The first-order chi connectivity index (χ1) is 8.97. The summed E-state index contributed by atoms with van der Waals surface area (Å²) in [5.74, 6) is 2.09. The molecule has 3 rings (SSSR count). The Morgan fingerprint density at radius 2 is 2.11 bits per heavy atom. The van der Waals surface area contributed by atoms with Gasteiger partial charge in [0, 0.05) is 18.0 Å². The van der Waals surface area contributed by atoms with E-state index in [-0.39, 0.29) is 11.5 Å². The molecule has 0 amide bonds. The summed E-state index contributed by atoms with van der Waals surface area (Å²) in [6.07, 6.45) is 0. The third-order valence-electron chi connectivity index (χ3n) is 3.55. The predicted octanol–water partition coefficient (Wildman–Crippen LogP) is 3.01. The van der Waals surface area contributed by atoms with E-state index in [1.54, 1.807) is 11.3 Å². The van der Waals surface area contributed by atoms with Gasteiger partial charge in [-0.2, -0.15) is 0 Å². The average Bonchev–Trinajstić information content (AvgIpc) is 2.92. The van der Waals surface area contributed by atoms with Gasteiger partial charge < -0.3 is 9.88 Å². The first-order valence-corrected chi connectivity index (χ1v) is 7.52. The van der Waals surface area contributed by atoms with Crippen LogP contribution in [0, 0.1) is 12.3 Å². The largest absolute Gasteiger partial charge is 0.308 e. The van der Waals surface area contributed by atoms with E-state index in [0.717, 1.165) is 24.7 Å². The molecule has 0 radical (unpaired) electrons. The molecule has 2 aromatic rings. The zero-order valence-corrected chi connectivity index (χ0v) is 12.7. The second-order valence-electron chi connectivity index (χ2n) is 6.20. The van der Waals surface area contributed by atoms with Gasteiger partial charge in [0.1, 0.15) is 0 Å². The Morgan fingerprint density at radius 1 is 1.32 bits per heavy atom. The van der Waals surface area contributed by atoms with Gasteiger partial charge in [0.2, 0.25) is 0 Å². The number of nitrogens with zero attached hydrogens (tertiary/aromatic N) is 3. The summed E-state index contributed by atoms with van der Waals surface area (Å²) >= 11 is 1.78. The smallest absolute Gasteiger partial charge is 0.174 e. The van der Waals surface area contributed by atoms with Crippen LogP contribution in [0.4, 0.5) is 0 Å². The second-order valence-corrected chi connectivity index (χ2v) is 7.48. The van der Waals surface area contributed by atoms with Crippen molar-refractivity contribution in [3.8, 4) is 10.7 Å². The molecule has 102 valence electrons. The molecular weight excluding hydrogens is 256 g/mol.